The molecule has 0 aliphatic carbocycles. The summed E-state index contributed by atoms with van der Waals surface area (Å²) in [6, 6.07) is 5.28. The van der Waals surface area contributed by atoms with Gasteiger partial charge in [0.05, 0.1) is 30.9 Å². The maximum Gasteiger partial charge on any atom is 0.254 e. The number of aromatic nitrogens is 2. The minimum Gasteiger partial charge on any atom is -0.495 e. The minimum absolute atomic E-state index is 0.192. The van der Waals surface area contributed by atoms with Crippen molar-refractivity contribution < 1.29 is 14.3 Å². The number of halogens is 1. The topological polar surface area (TPSA) is 88.6 Å². The van der Waals surface area contributed by atoms with Gasteiger partial charge in [-0.05, 0) is 18.2 Å². The molecule has 2 heterocycles. The largest absolute Gasteiger partial charge is 0.495 e. The second-order valence-electron chi connectivity index (χ2n) is 5.98. The Bertz CT molecular complexity index is 766. The first-order valence-electron chi connectivity index (χ1n) is 8.66. The van der Waals surface area contributed by atoms with Crippen molar-refractivity contribution >= 4 is 29.1 Å². The molecule has 1 fully saturated rings. The van der Waals surface area contributed by atoms with E-state index in [1.165, 1.54) is 12.4 Å². The molecule has 0 radical (unpaired) electrons. The number of amides is 1. The van der Waals surface area contributed by atoms with Crippen molar-refractivity contribution in [2.75, 3.05) is 51.8 Å². The van der Waals surface area contributed by atoms with Crippen LogP contribution in [0.2, 0.25) is 5.02 Å². The molecule has 0 spiro atoms. The molecule has 1 saturated heterocycles. The van der Waals surface area contributed by atoms with Crippen LogP contribution < -0.4 is 15.4 Å². The second-order valence-corrected chi connectivity index (χ2v) is 6.39. The van der Waals surface area contributed by atoms with Crippen LogP contribution in [0.3, 0.4) is 0 Å². The number of carbonyl (C=O) groups is 1. The fourth-order valence-electron chi connectivity index (χ4n) is 2.64. The van der Waals surface area contributed by atoms with Crippen molar-refractivity contribution in [2.45, 2.75) is 0 Å². The fourth-order valence-corrected chi connectivity index (χ4v) is 2.90. The normalized spacial score (nSPS) is 14.6. The molecule has 3 rings (SSSR count). The van der Waals surface area contributed by atoms with E-state index in [1.54, 1.807) is 25.3 Å². The highest BCUT2D eigenvalue weighted by Crippen LogP contribution is 2.28. The Balaban J connectivity index is 1.50. The third-order valence-corrected chi connectivity index (χ3v) is 4.43. The van der Waals surface area contributed by atoms with E-state index in [0.29, 0.717) is 28.8 Å². The quantitative estimate of drug-likeness (QED) is 0.745. The molecule has 0 bridgehead atoms. The van der Waals surface area contributed by atoms with E-state index in [2.05, 4.69) is 25.5 Å². The van der Waals surface area contributed by atoms with Gasteiger partial charge in [0, 0.05) is 44.3 Å². The third-order valence-electron chi connectivity index (χ3n) is 4.14. The molecule has 2 aromatic rings. The molecule has 0 saturated carbocycles. The number of nitrogens with zero attached hydrogens (tertiary/aromatic N) is 3. The predicted octanol–water partition coefficient (Wildman–Crippen LogP) is 1.94. The number of nitrogens with one attached hydrogen (secondary N) is 2. The molecule has 144 valence electrons. The van der Waals surface area contributed by atoms with Crippen molar-refractivity contribution in [3.8, 4) is 5.75 Å². The van der Waals surface area contributed by atoms with Gasteiger partial charge in [-0.3, -0.25) is 9.69 Å². The maximum atomic E-state index is 12.2. The van der Waals surface area contributed by atoms with Crippen molar-refractivity contribution in [2.24, 2.45) is 0 Å². The first-order valence-corrected chi connectivity index (χ1v) is 9.04. The van der Waals surface area contributed by atoms with Crippen LogP contribution in [-0.4, -0.2) is 67.3 Å². The Hall–Kier alpha value is -2.42. The van der Waals surface area contributed by atoms with E-state index in [0.717, 1.165) is 38.5 Å². The van der Waals surface area contributed by atoms with Crippen molar-refractivity contribution in [3.05, 3.63) is 41.2 Å². The van der Waals surface area contributed by atoms with Crippen molar-refractivity contribution in [1.29, 1.82) is 0 Å². The van der Waals surface area contributed by atoms with E-state index in [1.807, 2.05) is 0 Å². The molecule has 1 aliphatic heterocycles. The average Bonchev–Trinajstić information content (AvgIpc) is 2.69. The summed E-state index contributed by atoms with van der Waals surface area (Å²) in [6.45, 7) is 4.66. The van der Waals surface area contributed by atoms with Crippen LogP contribution in [0.1, 0.15) is 10.4 Å². The van der Waals surface area contributed by atoms with Gasteiger partial charge in [0.15, 0.2) is 0 Å². The van der Waals surface area contributed by atoms with Gasteiger partial charge in [0.2, 0.25) is 5.95 Å². The van der Waals surface area contributed by atoms with E-state index in [4.69, 9.17) is 21.1 Å². The Morgan fingerprint density at radius 1 is 1.30 bits per heavy atom. The Labute approximate surface area is 162 Å². The van der Waals surface area contributed by atoms with Gasteiger partial charge in [-0.25, -0.2) is 9.97 Å². The predicted molar refractivity (Wildman–Crippen MR) is 103 cm³/mol. The Morgan fingerprint density at radius 2 is 2.04 bits per heavy atom. The lowest BCUT2D eigenvalue weighted by Crippen LogP contribution is -2.41. The van der Waals surface area contributed by atoms with Crippen LogP contribution in [-0.2, 0) is 4.74 Å². The van der Waals surface area contributed by atoms with Crippen molar-refractivity contribution in [1.82, 2.24) is 20.2 Å². The van der Waals surface area contributed by atoms with Gasteiger partial charge in [0.1, 0.15) is 5.75 Å². The van der Waals surface area contributed by atoms with Crippen LogP contribution >= 0.6 is 11.6 Å². The van der Waals surface area contributed by atoms with Gasteiger partial charge in [-0.1, -0.05) is 11.6 Å². The zero-order chi connectivity index (χ0) is 19.1. The first kappa shape index (κ1) is 19.3. The molecule has 9 heteroatoms. The summed E-state index contributed by atoms with van der Waals surface area (Å²) < 4.78 is 10.4. The molecule has 2 N–H and O–H groups in total. The van der Waals surface area contributed by atoms with E-state index >= 15 is 0 Å². The lowest BCUT2D eigenvalue weighted by atomic mass is 10.3. The van der Waals surface area contributed by atoms with Crippen molar-refractivity contribution in [3.63, 3.8) is 0 Å². The summed E-state index contributed by atoms with van der Waals surface area (Å²) in [5.74, 6) is 0.774. The summed E-state index contributed by atoms with van der Waals surface area (Å²) >= 11 is 6.10. The van der Waals surface area contributed by atoms with Gasteiger partial charge in [-0.2, -0.15) is 0 Å². The van der Waals surface area contributed by atoms with Gasteiger partial charge >= 0.3 is 0 Å². The Morgan fingerprint density at radius 3 is 2.70 bits per heavy atom. The Kier molecular flexibility index (Phi) is 6.80. The van der Waals surface area contributed by atoms with E-state index in [-0.39, 0.29) is 5.91 Å². The van der Waals surface area contributed by atoms with Gasteiger partial charge in [0.25, 0.3) is 5.91 Å². The molecule has 1 aromatic carbocycles. The molecule has 0 atom stereocenters. The molecule has 1 aromatic heterocycles. The van der Waals surface area contributed by atoms with Crippen LogP contribution in [0.25, 0.3) is 0 Å². The summed E-state index contributed by atoms with van der Waals surface area (Å²) in [6.07, 6.45) is 2.98. The number of morpholine rings is 1. The number of hydrogen-bond donors (Lipinski definition) is 2. The number of rotatable bonds is 7. The first-order chi connectivity index (χ1) is 13.2. The number of ether oxygens (including phenoxy) is 2. The van der Waals surface area contributed by atoms with Crippen LogP contribution in [0.4, 0.5) is 11.6 Å². The molecule has 0 unspecified atom stereocenters. The molecule has 27 heavy (non-hydrogen) atoms. The molecule has 1 aliphatic rings. The molecular weight excluding hydrogens is 370 g/mol. The standard InChI is InChI=1S/C18H22ClN5O3/c1-26-16-3-2-14(10-15(16)19)23-18-21-11-13(12-22-18)17(25)20-4-5-24-6-8-27-9-7-24/h2-3,10-12H,4-9H2,1H3,(H,20,25)(H,21,22,23). The second kappa shape index (κ2) is 9.50. The van der Waals surface area contributed by atoms with E-state index in [9.17, 15) is 4.79 Å². The molecule has 8 nitrogen and oxygen atoms in total. The maximum absolute atomic E-state index is 12.2. The highest BCUT2D eigenvalue weighted by atomic mass is 35.5. The fraction of sp³-hybridized carbons (Fsp3) is 0.389. The zero-order valence-electron chi connectivity index (χ0n) is 15.1. The average molecular weight is 392 g/mol. The SMILES string of the molecule is COc1ccc(Nc2ncc(C(=O)NCCN3CCOCC3)cn2)cc1Cl. The number of methoxy groups -OCH3 is 1. The number of benzene rings is 1. The third kappa shape index (κ3) is 5.53. The summed E-state index contributed by atoms with van der Waals surface area (Å²) in [5, 5.41) is 6.40. The molecular formula is C18H22ClN5O3. The summed E-state index contributed by atoms with van der Waals surface area (Å²) in [4.78, 5) is 22.8. The highest BCUT2D eigenvalue weighted by molar-refractivity contribution is 6.32. The van der Waals surface area contributed by atoms with Gasteiger partial charge < -0.3 is 20.1 Å². The highest BCUT2D eigenvalue weighted by Gasteiger charge is 2.11. The smallest absolute Gasteiger partial charge is 0.254 e. The van der Waals surface area contributed by atoms with Crippen LogP contribution in [0, 0.1) is 0 Å². The number of carbonyl (C=O) groups excluding carboxylic acids is 1. The summed E-state index contributed by atoms with van der Waals surface area (Å²) in [7, 11) is 1.56. The zero-order valence-corrected chi connectivity index (χ0v) is 15.8. The summed E-state index contributed by atoms with van der Waals surface area (Å²) in [5.41, 5.74) is 1.14. The van der Waals surface area contributed by atoms with Crippen LogP contribution in [0.15, 0.2) is 30.6 Å². The minimum atomic E-state index is -0.192. The monoisotopic (exact) mass is 391 g/mol. The lowest BCUT2D eigenvalue weighted by Gasteiger charge is -2.26. The van der Waals surface area contributed by atoms with E-state index < -0.39 is 0 Å². The lowest BCUT2D eigenvalue weighted by molar-refractivity contribution is 0.0383. The molecule has 1 amide bonds. The number of anilines is 2. The number of hydrogen-bond acceptors (Lipinski definition) is 7. The van der Waals surface area contributed by atoms with Crippen LogP contribution in [0.5, 0.6) is 5.75 Å². The van der Waals surface area contributed by atoms with Gasteiger partial charge in [-0.15, -0.1) is 0 Å².